The highest BCUT2D eigenvalue weighted by Gasteiger charge is 2.77. The molecule has 0 N–H and O–H groups in total. The molecule has 1 spiro atoms. The molecule has 0 saturated heterocycles. The third kappa shape index (κ3) is 4.99. The van der Waals surface area contributed by atoms with Crippen molar-refractivity contribution in [2.75, 3.05) is 0 Å². The van der Waals surface area contributed by atoms with E-state index >= 15 is 0 Å². The first-order chi connectivity index (χ1) is 29.2. The molecule has 9 aromatic rings. The van der Waals surface area contributed by atoms with E-state index in [1.165, 1.54) is 42.4 Å². The van der Waals surface area contributed by atoms with Gasteiger partial charge in [-0.25, -0.2) is 15.0 Å². The minimum absolute atomic E-state index is 0.611. The van der Waals surface area contributed by atoms with Crippen LogP contribution in [0.15, 0.2) is 174 Å². The van der Waals surface area contributed by atoms with Gasteiger partial charge in [0, 0.05) is 33.0 Å². The summed E-state index contributed by atoms with van der Waals surface area (Å²) in [5, 5.41) is 2.04. The van der Waals surface area contributed by atoms with E-state index in [9.17, 15) is 0 Å². The van der Waals surface area contributed by atoms with Crippen LogP contribution in [0.1, 0.15) is 37.2 Å². The monoisotopic (exact) mass is 759 g/mol. The molecule has 2 bridgehead atoms. The second-order valence-corrected chi connectivity index (χ2v) is 17.6. The van der Waals surface area contributed by atoms with Crippen molar-refractivity contribution in [2.45, 2.75) is 31.6 Å². The normalized spacial score (nSPS) is 23.6. The Morgan fingerprint density at radius 1 is 0.458 bits per heavy atom. The summed E-state index contributed by atoms with van der Waals surface area (Å²) in [5.74, 6) is 6.61. The van der Waals surface area contributed by atoms with E-state index in [2.05, 4.69) is 121 Å². The van der Waals surface area contributed by atoms with Crippen molar-refractivity contribution in [1.82, 2.24) is 15.0 Å². The minimum atomic E-state index is 0.611. The third-order valence-electron chi connectivity index (χ3n) is 14.9. The summed E-state index contributed by atoms with van der Waals surface area (Å²) in [6.07, 6.45) is 6.02. The van der Waals surface area contributed by atoms with E-state index in [1.807, 2.05) is 48.5 Å². The van der Waals surface area contributed by atoms with E-state index in [0.717, 1.165) is 90.3 Å². The van der Waals surface area contributed by atoms with Gasteiger partial charge >= 0.3 is 0 Å². The van der Waals surface area contributed by atoms with Gasteiger partial charge in [0.1, 0.15) is 11.2 Å². The number of hydrogen-bond donors (Lipinski definition) is 0. The predicted molar refractivity (Wildman–Crippen MR) is 237 cm³/mol. The fourth-order valence-corrected chi connectivity index (χ4v) is 12.4. The zero-order chi connectivity index (χ0) is 38.7. The maximum Gasteiger partial charge on any atom is 0.164 e. The van der Waals surface area contributed by atoms with Gasteiger partial charge in [-0.2, -0.15) is 0 Å². The summed E-state index contributed by atoms with van der Waals surface area (Å²) < 4.78 is 6.79. The van der Waals surface area contributed by atoms with E-state index in [4.69, 9.17) is 19.4 Å². The second-order valence-electron chi connectivity index (χ2n) is 17.6. The molecule has 0 aliphatic heterocycles. The summed E-state index contributed by atoms with van der Waals surface area (Å²) in [6.45, 7) is 0. The number of rotatable bonds is 7. The van der Waals surface area contributed by atoms with E-state index in [0.29, 0.717) is 17.5 Å². The van der Waals surface area contributed by atoms with Crippen LogP contribution in [-0.4, -0.2) is 15.0 Å². The van der Waals surface area contributed by atoms with Gasteiger partial charge in [-0.15, -0.1) is 0 Å². The molecule has 13 rings (SSSR count). The number of fused-ring (bicyclic) bond motifs is 4. The molecule has 4 heteroatoms. The molecule has 6 atom stereocenters. The van der Waals surface area contributed by atoms with Crippen molar-refractivity contribution in [3.8, 4) is 67.5 Å². The average Bonchev–Trinajstić information content (AvgIpc) is 3.98. The Hall–Kier alpha value is -6.65. The van der Waals surface area contributed by atoms with Crippen molar-refractivity contribution >= 4 is 21.9 Å². The van der Waals surface area contributed by atoms with Crippen LogP contribution in [0.2, 0.25) is 0 Å². The molecule has 7 aromatic carbocycles. The number of aromatic nitrogens is 3. The third-order valence-corrected chi connectivity index (χ3v) is 14.9. The van der Waals surface area contributed by atoms with Gasteiger partial charge in [0.15, 0.2) is 17.5 Å². The fourth-order valence-electron chi connectivity index (χ4n) is 12.4. The van der Waals surface area contributed by atoms with Crippen molar-refractivity contribution in [3.63, 3.8) is 0 Å². The molecular formula is C55H41N3O. The van der Waals surface area contributed by atoms with Crippen LogP contribution in [0, 0.1) is 29.1 Å². The minimum Gasteiger partial charge on any atom is -0.455 e. The number of nitrogens with zero attached hydrogens (tertiary/aromatic N) is 3. The Kier molecular flexibility index (Phi) is 7.16. The lowest BCUT2D eigenvalue weighted by Crippen LogP contribution is -2.64. The number of furan rings is 1. The standard InChI is InChI=1S/C55H41N3O/c1-3-10-34(11-4-1)35-22-26-39(27-23-35)53-56-52(38-12-5-2-6-13-38)57-54(58-53)45-18-9-19-48-50(45)44-17-8-16-43(51(44)59-48)41-15-7-14-40(30-41)36-20-24-37(25-21-36)49-46-29-33-28-42-31-47(49)55(42,46)32-33/h1-27,30,33,42,46-47,49H,28-29,31-32H2. The van der Waals surface area contributed by atoms with Gasteiger partial charge in [-0.05, 0) is 106 Å². The highest BCUT2D eigenvalue weighted by molar-refractivity contribution is 6.15. The summed E-state index contributed by atoms with van der Waals surface area (Å²) >= 11 is 0. The van der Waals surface area contributed by atoms with Crippen LogP contribution >= 0.6 is 0 Å². The Labute approximate surface area is 343 Å². The molecule has 4 saturated carbocycles. The molecule has 0 radical (unpaired) electrons. The SMILES string of the molecule is c1ccc(-c2ccc(-c3nc(-c4ccccc4)nc(-c4cccc5oc6c(-c7cccc(-c8ccc(C9C%10CC%11CC%12CC9C%12%10C%11)cc8)c7)cccc6c45)n3)cc2)cc1. The molecule has 4 nitrogen and oxygen atoms in total. The first-order valence-corrected chi connectivity index (χ1v) is 21.3. The van der Waals surface area contributed by atoms with Crippen molar-refractivity contribution in [2.24, 2.45) is 29.1 Å². The highest BCUT2D eigenvalue weighted by Crippen LogP contribution is 2.85. The van der Waals surface area contributed by atoms with Gasteiger partial charge in [0.25, 0.3) is 0 Å². The lowest BCUT2D eigenvalue weighted by molar-refractivity contribution is -0.196. The largest absolute Gasteiger partial charge is 0.455 e. The van der Waals surface area contributed by atoms with Gasteiger partial charge in [-0.3, -0.25) is 0 Å². The van der Waals surface area contributed by atoms with Crippen LogP contribution < -0.4 is 0 Å². The number of para-hydroxylation sites is 1. The Balaban J connectivity index is 0.871. The van der Waals surface area contributed by atoms with E-state index in [1.54, 1.807) is 5.56 Å². The summed E-state index contributed by atoms with van der Waals surface area (Å²) in [4.78, 5) is 15.3. The molecule has 2 heterocycles. The first kappa shape index (κ1) is 33.3. The molecule has 2 aromatic heterocycles. The maximum atomic E-state index is 6.79. The Bertz CT molecular complexity index is 3080. The van der Waals surface area contributed by atoms with Crippen LogP contribution in [0.25, 0.3) is 89.5 Å². The molecule has 282 valence electrons. The van der Waals surface area contributed by atoms with E-state index < -0.39 is 0 Å². The van der Waals surface area contributed by atoms with Gasteiger partial charge in [-0.1, -0.05) is 158 Å². The molecule has 6 unspecified atom stereocenters. The van der Waals surface area contributed by atoms with Crippen molar-refractivity contribution < 1.29 is 4.42 Å². The maximum absolute atomic E-state index is 6.79. The van der Waals surface area contributed by atoms with Gasteiger partial charge < -0.3 is 4.42 Å². The van der Waals surface area contributed by atoms with Crippen LogP contribution in [0.4, 0.5) is 0 Å². The molecular weight excluding hydrogens is 719 g/mol. The molecule has 4 aliphatic carbocycles. The Morgan fingerprint density at radius 2 is 1.03 bits per heavy atom. The lowest BCUT2D eigenvalue weighted by atomic mass is 9.33. The van der Waals surface area contributed by atoms with Crippen LogP contribution in [0.5, 0.6) is 0 Å². The first-order valence-electron chi connectivity index (χ1n) is 21.3. The van der Waals surface area contributed by atoms with Crippen molar-refractivity contribution in [1.29, 1.82) is 0 Å². The zero-order valence-electron chi connectivity index (χ0n) is 32.6. The summed E-state index contributed by atoms with van der Waals surface area (Å²) in [5.41, 5.74) is 13.8. The Morgan fingerprint density at radius 3 is 1.81 bits per heavy atom. The fraction of sp³-hybridized carbons (Fsp3) is 0.182. The van der Waals surface area contributed by atoms with E-state index in [-0.39, 0.29) is 0 Å². The van der Waals surface area contributed by atoms with Crippen LogP contribution in [0.3, 0.4) is 0 Å². The zero-order valence-corrected chi connectivity index (χ0v) is 32.6. The predicted octanol–water partition coefficient (Wildman–Crippen LogP) is 13.9. The topological polar surface area (TPSA) is 51.8 Å². The number of hydrogen-bond acceptors (Lipinski definition) is 4. The van der Waals surface area contributed by atoms with Gasteiger partial charge in [0.2, 0.25) is 0 Å². The second kappa shape index (κ2) is 12.7. The molecule has 4 aliphatic rings. The smallest absolute Gasteiger partial charge is 0.164 e. The van der Waals surface area contributed by atoms with Crippen molar-refractivity contribution in [3.05, 3.63) is 175 Å². The summed E-state index contributed by atoms with van der Waals surface area (Å²) in [7, 11) is 0. The molecule has 4 fully saturated rings. The summed E-state index contributed by atoms with van der Waals surface area (Å²) in [6, 6.07) is 60.2. The highest BCUT2D eigenvalue weighted by atomic mass is 16.3. The van der Waals surface area contributed by atoms with Gasteiger partial charge in [0.05, 0.1) is 0 Å². The quantitative estimate of drug-likeness (QED) is 0.162. The molecule has 59 heavy (non-hydrogen) atoms. The number of benzene rings is 7. The van der Waals surface area contributed by atoms with Crippen LogP contribution in [-0.2, 0) is 0 Å². The lowest BCUT2D eigenvalue weighted by Gasteiger charge is -2.71. The average molecular weight is 760 g/mol. The molecule has 0 amide bonds.